The van der Waals surface area contributed by atoms with Crippen molar-refractivity contribution < 1.29 is 9.90 Å². The summed E-state index contributed by atoms with van der Waals surface area (Å²) in [6, 6.07) is 8.07. The van der Waals surface area contributed by atoms with Gasteiger partial charge in [-0.15, -0.1) is 0 Å². The number of rotatable bonds is 2. The predicted octanol–water partition coefficient (Wildman–Crippen LogP) is 2.89. The Kier molecular flexibility index (Phi) is 2.85. The fourth-order valence-corrected chi connectivity index (χ4v) is 2.69. The van der Waals surface area contributed by atoms with Crippen LogP contribution in [0.25, 0.3) is 11.4 Å². The highest BCUT2D eigenvalue weighted by Gasteiger charge is 2.29. The maximum absolute atomic E-state index is 11.3. The van der Waals surface area contributed by atoms with Crippen molar-refractivity contribution in [2.75, 3.05) is 0 Å². The number of aromatic nitrogens is 2. The van der Waals surface area contributed by atoms with Crippen molar-refractivity contribution in [3.05, 3.63) is 41.2 Å². The summed E-state index contributed by atoms with van der Waals surface area (Å²) in [6.07, 6.45) is 2.47. The van der Waals surface area contributed by atoms with E-state index < -0.39 is 11.9 Å². The van der Waals surface area contributed by atoms with Gasteiger partial charge in [-0.25, -0.2) is 4.98 Å². The Morgan fingerprint density at radius 3 is 3.05 bits per heavy atom. The summed E-state index contributed by atoms with van der Waals surface area (Å²) in [6.45, 7) is 2.03. The Bertz CT molecular complexity index is 631. The summed E-state index contributed by atoms with van der Waals surface area (Å²) in [4.78, 5) is 19.1. The normalized spacial score (nSPS) is 18.1. The molecule has 0 aliphatic heterocycles. The van der Waals surface area contributed by atoms with Crippen LogP contribution in [0.4, 0.5) is 0 Å². The predicted molar refractivity (Wildman–Crippen MR) is 72.1 cm³/mol. The molecule has 1 aromatic carbocycles. The van der Waals surface area contributed by atoms with E-state index >= 15 is 0 Å². The molecule has 1 unspecified atom stereocenters. The maximum atomic E-state index is 11.3. The first-order valence-electron chi connectivity index (χ1n) is 6.54. The lowest BCUT2D eigenvalue weighted by Gasteiger charge is -2.16. The second-order valence-electron chi connectivity index (χ2n) is 5.10. The van der Waals surface area contributed by atoms with Crippen LogP contribution in [0.3, 0.4) is 0 Å². The van der Waals surface area contributed by atoms with Crippen molar-refractivity contribution >= 4 is 5.97 Å². The number of hydrogen-bond acceptors (Lipinski definition) is 2. The van der Waals surface area contributed by atoms with E-state index in [9.17, 15) is 9.90 Å². The van der Waals surface area contributed by atoms with E-state index in [-0.39, 0.29) is 0 Å². The van der Waals surface area contributed by atoms with Crippen LogP contribution in [0, 0.1) is 6.92 Å². The van der Waals surface area contributed by atoms with Gasteiger partial charge >= 0.3 is 5.97 Å². The molecule has 0 bridgehead atoms. The lowest BCUT2D eigenvalue weighted by Crippen LogP contribution is -2.17. The first-order chi connectivity index (χ1) is 9.15. The van der Waals surface area contributed by atoms with E-state index in [4.69, 9.17) is 0 Å². The molecule has 2 aromatic rings. The van der Waals surface area contributed by atoms with E-state index in [0.717, 1.165) is 35.6 Å². The second kappa shape index (κ2) is 4.53. The number of carboxylic acids is 1. The molecule has 0 spiro atoms. The molecular weight excluding hydrogens is 240 g/mol. The van der Waals surface area contributed by atoms with Crippen molar-refractivity contribution in [1.82, 2.24) is 9.97 Å². The zero-order chi connectivity index (χ0) is 13.4. The van der Waals surface area contributed by atoms with Crippen molar-refractivity contribution in [1.29, 1.82) is 0 Å². The molecule has 1 atom stereocenters. The molecule has 4 nitrogen and oxygen atoms in total. The number of imidazole rings is 1. The van der Waals surface area contributed by atoms with E-state index in [2.05, 4.69) is 16.0 Å². The van der Waals surface area contributed by atoms with Crippen LogP contribution in [0.5, 0.6) is 0 Å². The molecule has 1 heterocycles. The number of aryl methyl sites for hydroxylation is 2. The summed E-state index contributed by atoms with van der Waals surface area (Å²) in [5, 5.41) is 9.26. The Morgan fingerprint density at radius 1 is 1.47 bits per heavy atom. The molecule has 3 rings (SSSR count). The van der Waals surface area contributed by atoms with E-state index in [1.165, 1.54) is 5.56 Å². The first-order valence-corrected chi connectivity index (χ1v) is 6.54. The Balaban J connectivity index is 2.04. The fourth-order valence-electron chi connectivity index (χ4n) is 2.69. The van der Waals surface area contributed by atoms with Gasteiger partial charge in [0.25, 0.3) is 0 Å². The lowest BCUT2D eigenvalue weighted by molar-refractivity contribution is -0.139. The molecule has 1 aliphatic carbocycles. The van der Waals surface area contributed by atoms with E-state index in [0.29, 0.717) is 6.42 Å². The van der Waals surface area contributed by atoms with Crippen molar-refractivity contribution in [3.63, 3.8) is 0 Å². The largest absolute Gasteiger partial charge is 0.481 e. The van der Waals surface area contributed by atoms with Crippen LogP contribution >= 0.6 is 0 Å². The molecular formula is C15H16N2O2. The molecule has 2 N–H and O–H groups in total. The number of fused-ring (bicyclic) bond motifs is 1. The number of aliphatic carboxylic acids is 1. The van der Waals surface area contributed by atoms with E-state index in [1.807, 2.05) is 25.1 Å². The minimum Gasteiger partial charge on any atom is -0.481 e. The number of carbonyl (C=O) groups is 1. The SMILES string of the molecule is Cc1cccc(-c2nc3c([nH]2)CCCC3C(=O)O)c1. The molecule has 0 saturated heterocycles. The van der Waals surface area contributed by atoms with Crippen molar-refractivity contribution in [3.8, 4) is 11.4 Å². The average Bonchev–Trinajstić information content (AvgIpc) is 2.82. The molecule has 19 heavy (non-hydrogen) atoms. The number of nitrogens with zero attached hydrogens (tertiary/aromatic N) is 1. The highest BCUT2D eigenvalue weighted by Crippen LogP contribution is 2.32. The fraction of sp³-hybridized carbons (Fsp3) is 0.333. The number of benzene rings is 1. The summed E-state index contributed by atoms with van der Waals surface area (Å²) in [7, 11) is 0. The zero-order valence-corrected chi connectivity index (χ0v) is 10.8. The second-order valence-corrected chi connectivity index (χ2v) is 5.10. The van der Waals surface area contributed by atoms with Gasteiger partial charge in [-0.05, 0) is 32.3 Å². The van der Waals surface area contributed by atoms with Gasteiger partial charge in [-0.1, -0.05) is 23.8 Å². The van der Waals surface area contributed by atoms with Gasteiger partial charge in [0, 0.05) is 11.3 Å². The van der Waals surface area contributed by atoms with Gasteiger partial charge in [0.2, 0.25) is 0 Å². The average molecular weight is 256 g/mol. The van der Waals surface area contributed by atoms with Gasteiger partial charge in [0.1, 0.15) is 11.7 Å². The maximum Gasteiger partial charge on any atom is 0.312 e. The zero-order valence-electron chi connectivity index (χ0n) is 10.8. The highest BCUT2D eigenvalue weighted by atomic mass is 16.4. The summed E-state index contributed by atoms with van der Waals surface area (Å²) < 4.78 is 0. The van der Waals surface area contributed by atoms with E-state index in [1.54, 1.807) is 0 Å². The smallest absolute Gasteiger partial charge is 0.312 e. The third kappa shape index (κ3) is 2.14. The standard InChI is InChI=1S/C15H16N2O2/c1-9-4-2-5-10(8-9)14-16-12-7-3-6-11(15(18)19)13(12)17-14/h2,4-5,8,11H,3,6-7H2,1H3,(H,16,17)(H,18,19). The van der Waals surface area contributed by atoms with Crippen LogP contribution in [-0.2, 0) is 11.2 Å². The molecule has 0 amide bonds. The molecule has 4 heteroatoms. The number of nitrogens with one attached hydrogen (secondary N) is 1. The minimum atomic E-state index is -0.775. The number of aromatic amines is 1. The van der Waals surface area contributed by atoms with Gasteiger partial charge in [-0.3, -0.25) is 4.79 Å². The third-order valence-electron chi connectivity index (χ3n) is 3.65. The summed E-state index contributed by atoms with van der Waals surface area (Å²) in [5.74, 6) is -0.455. The molecule has 98 valence electrons. The monoisotopic (exact) mass is 256 g/mol. The Morgan fingerprint density at radius 2 is 2.32 bits per heavy atom. The quantitative estimate of drug-likeness (QED) is 0.868. The highest BCUT2D eigenvalue weighted by molar-refractivity contribution is 5.76. The van der Waals surface area contributed by atoms with Crippen molar-refractivity contribution in [2.24, 2.45) is 0 Å². The molecule has 1 aromatic heterocycles. The minimum absolute atomic E-state index is 0.460. The number of H-pyrrole nitrogens is 1. The first kappa shape index (κ1) is 12.0. The Hall–Kier alpha value is -2.10. The van der Waals surface area contributed by atoms with Gasteiger partial charge in [-0.2, -0.15) is 0 Å². The van der Waals surface area contributed by atoms with Gasteiger partial charge in [0.15, 0.2) is 0 Å². The number of hydrogen-bond donors (Lipinski definition) is 2. The molecule has 0 saturated carbocycles. The van der Waals surface area contributed by atoms with Crippen LogP contribution < -0.4 is 0 Å². The van der Waals surface area contributed by atoms with Gasteiger partial charge < -0.3 is 10.1 Å². The number of carboxylic acid groups (broad SMARTS) is 1. The van der Waals surface area contributed by atoms with Crippen LogP contribution in [0.1, 0.15) is 35.7 Å². The Labute approximate surface area is 111 Å². The molecule has 1 aliphatic rings. The van der Waals surface area contributed by atoms with Crippen molar-refractivity contribution in [2.45, 2.75) is 32.1 Å². The molecule has 0 fully saturated rings. The molecule has 0 radical (unpaired) electrons. The van der Waals surface area contributed by atoms with Crippen LogP contribution in [-0.4, -0.2) is 21.0 Å². The van der Waals surface area contributed by atoms with Crippen LogP contribution in [0.2, 0.25) is 0 Å². The summed E-state index contributed by atoms with van der Waals surface area (Å²) >= 11 is 0. The topological polar surface area (TPSA) is 66.0 Å². The summed E-state index contributed by atoms with van der Waals surface area (Å²) in [5.41, 5.74) is 3.88. The van der Waals surface area contributed by atoms with Gasteiger partial charge in [0.05, 0.1) is 5.69 Å². The van der Waals surface area contributed by atoms with Crippen LogP contribution in [0.15, 0.2) is 24.3 Å². The lowest BCUT2D eigenvalue weighted by atomic mass is 9.90. The third-order valence-corrected chi connectivity index (χ3v) is 3.65.